The fourth-order valence-electron chi connectivity index (χ4n) is 1.52. The quantitative estimate of drug-likeness (QED) is 0.610. The lowest BCUT2D eigenvalue weighted by Crippen LogP contribution is -2.00. The van der Waals surface area contributed by atoms with E-state index in [1.165, 1.54) is 6.07 Å². The SMILES string of the molecule is CCOc1ncc(-c2ccncc2)cc1[N+](=O)[O-]. The molecule has 0 amide bonds. The van der Waals surface area contributed by atoms with Crippen LogP contribution in [0.2, 0.25) is 0 Å². The maximum Gasteiger partial charge on any atom is 0.331 e. The summed E-state index contributed by atoms with van der Waals surface area (Å²) in [6.45, 7) is 2.09. The minimum Gasteiger partial charge on any atom is -0.473 e. The summed E-state index contributed by atoms with van der Waals surface area (Å²) in [5, 5.41) is 11.0. The molecule has 92 valence electrons. The zero-order valence-corrected chi connectivity index (χ0v) is 9.74. The van der Waals surface area contributed by atoms with Gasteiger partial charge in [-0.15, -0.1) is 0 Å². The average molecular weight is 245 g/mol. The van der Waals surface area contributed by atoms with E-state index in [9.17, 15) is 10.1 Å². The Balaban J connectivity index is 2.46. The van der Waals surface area contributed by atoms with Gasteiger partial charge in [-0.3, -0.25) is 15.1 Å². The predicted octanol–water partition coefficient (Wildman–Crippen LogP) is 2.45. The maximum absolute atomic E-state index is 11.0. The number of nitro groups is 1. The Morgan fingerprint density at radius 3 is 2.67 bits per heavy atom. The molecule has 18 heavy (non-hydrogen) atoms. The molecule has 0 spiro atoms. The van der Waals surface area contributed by atoms with Gasteiger partial charge in [-0.05, 0) is 24.6 Å². The monoisotopic (exact) mass is 245 g/mol. The van der Waals surface area contributed by atoms with Gasteiger partial charge in [0.25, 0.3) is 5.88 Å². The summed E-state index contributed by atoms with van der Waals surface area (Å²) in [6.07, 6.45) is 4.79. The van der Waals surface area contributed by atoms with Crippen LogP contribution in [0.3, 0.4) is 0 Å². The molecule has 0 fully saturated rings. The first-order valence-corrected chi connectivity index (χ1v) is 5.40. The first-order chi connectivity index (χ1) is 8.72. The average Bonchev–Trinajstić information content (AvgIpc) is 2.40. The van der Waals surface area contributed by atoms with E-state index in [2.05, 4.69) is 9.97 Å². The second kappa shape index (κ2) is 5.22. The molecule has 0 saturated carbocycles. The van der Waals surface area contributed by atoms with E-state index in [1.54, 1.807) is 37.6 Å². The van der Waals surface area contributed by atoms with Crippen LogP contribution in [0.4, 0.5) is 5.69 Å². The number of ether oxygens (including phenoxy) is 1. The zero-order chi connectivity index (χ0) is 13.0. The normalized spacial score (nSPS) is 10.1. The number of aromatic nitrogens is 2. The van der Waals surface area contributed by atoms with E-state index in [-0.39, 0.29) is 11.6 Å². The number of pyridine rings is 2. The Hall–Kier alpha value is -2.50. The third-order valence-corrected chi connectivity index (χ3v) is 2.32. The number of rotatable bonds is 4. The Morgan fingerprint density at radius 2 is 2.06 bits per heavy atom. The highest BCUT2D eigenvalue weighted by Crippen LogP contribution is 2.29. The second-order valence-electron chi connectivity index (χ2n) is 3.47. The molecule has 0 N–H and O–H groups in total. The van der Waals surface area contributed by atoms with Crippen molar-refractivity contribution < 1.29 is 9.66 Å². The van der Waals surface area contributed by atoms with E-state index in [0.29, 0.717) is 12.2 Å². The van der Waals surface area contributed by atoms with Crippen LogP contribution in [0.15, 0.2) is 36.8 Å². The number of hydrogen-bond acceptors (Lipinski definition) is 5. The van der Waals surface area contributed by atoms with Gasteiger partial charge in [-0.2, -0.15) is 0 Å². The molecule has 0 aliphatic rings. The van der Waals surface area contributed by atoms with Crippen LogP contribution in [-0.4, -0.2) is 21.5 Å². The fraction of sp³-hybridized carbons (Fsp3) is 0.167. The summed E-state index contributed by atoms with van der Waals surface area (Å²) in [7, 11) is 0. The molecule has 0 aromatic carbocycles. The highest BCUT2D eigenvalue weighted by atomic mass is 16.6. The van der Waals surface area contributed by atoms with Gasteiger partial charge < -0.3 is 4.74 Å². The summed E-state index contributed by atoms with van der Waals surface area (Å²) in [5.41, 5.74) is 1.35. The van der Waals surface area contributed by atoms with Crippen LogP contribution in [0, 0.1) is 10.1 Å². The van der Waals surface area contributed by atoms with Crippen molar-refractivity contribution in [1.29, 1.82) is 0 Å². The van der Waals surface area contributed by atoms with Crippen molar-refractivity contribution in [2.24, 2.45) is 0 Å². The lowest BCUT2D eigenvalue weighted by atomic mass is 10.1. The Labute approximate surface area is 103 Å². The molecule has 2 aromatic rings. The molecule has 2 aromatic heterocycles. The van der Waals surface area contributed by atoms with Crippen molar-refractivity contribution in [2.45, 2.75) is 6.92 Å². The highest BCUT2D eigenvalue weighted by Gasteiger charge is 2.17. The second-order valence-corrected chi connectivity index (χ2v) is 3.47. The summed E-state index contributed by atoms with van der Waals surface area (Å²) in [5.74, 6) is 0.0420. The minimum atomic E-state index is -0.497. The third-order valence-electron chi connectivity index (χ3n) is 2.32. The van der Waals surface area contributed by atoms with Gasteiger partial charge in [0.05, 0.1) is 11.5 Å². The first-order valence-electron chi connectivity index (χ1n) is 5.40. The largest absolute Gasteiger partial charge is 0.473 e. The van der Waals surface area contributed by atoms with Gasteiger partial charge in [0, 0.05) is 30.2 Å². The standard InChI is InChI=1S/C12H11N3O3/c1-2-18-12-11(15(16)17)7-10(8-14-12)9-3-5-13-6-4-9/h3-8H,2H2,1H3. The van der Waals surface area contributed by atoms with Gasteiger partial charge in [0.1, 0.15) is 0 Å². The van der Waals surface area contributed by atoms with E-state index in [4.69, 9.17) is 4.74 Å². The van der Waals surface area contributed by atoms with Gasteiger partial charge >= 0.3 is 5.69 Å². The summed E-state index contributed by atoms with van der Waals surface area (Å²) in [6, 6.07) is 4.98. The molecule has 2 heterocycles. The van der Waals surface area contributed by atoms with Crippen LogP contribution in [0.5, 0.6) is 5.88 Å². The molecular weight excluding hydrogens is 234 g/mol. The van der Waals surface area contributed by atoms with Gasteiger partial charge in [-0.25, -0.2) is 4.98 Å². The molecule has 0 aliphatic heterocycles. The molecular formula is C12H11N3O3. The van der Waals surface area contributed by atoms with E-state index in [1.807, 2.05) is 0 Å². The van der Waals surface area contributed by atoms with Gasteiger partial charge in [-0.1, -0.05) is 0 Å². The summed E-state index contributed by atoms with van der Waals surface area (Å²) in [4.78, 5) is 18.3. The molecule has 0 radical (unpaired) electrons. The molecule has 6 nitrogen and oxygen atoms in total. The smallest absolute Gasteiger partial charge is 0.331 e. The fourth-order valence-corrected chi connectivity index (χ4v) is 1.52. The maximum atomic E-state index is 11.0. The molecule has 0 atom stereocenters. The van der Waals surface area contributed by atoms with Gasteiger partial charge in [0.2, 0.25) is 0 Å². The Bertz CT molecular complexity index is 558. The lowest BCUT2D eigenvalue weighted by molar-refractivity contribution is -0.386. The van der Waals surface area contributed by atoms with Crippen molar-refractivity contribution in [3.8, 4) is 17.0 Å². The Morgan fingerprint density at radius 1 is 1.33 bits per heavy atom. The zero-order valence-electron chi connectivity index (χ0n) is 9.74. The lowest BCUT2D eigenvalue weighted by Gasteiger charge is -2.05. The van der Waals surface area contributed by atoms with Crippen molar-refractivity contribution in [1.82, 2.24) is 9.97 Å². The van der Waals surface area contributed by atoms with Crippen molar-refractivity contribution in [3.63, 3.8) is 0 Å². The minimum absolute atomic E-state index is 0.0420. The Kier molecular flexibility index (Phi) is 3.47. The van der Waals surface area contributed by atoms with Crippen LogP contribution < -0.4 is 4.74 Å². The molecule has 0 unspecified atom stereocenters. The molecule has 0 saturated heterocycles. The van der Waals surface area contributed by atoms with Crippen LogP contribution in [0.1, 0.15) is 6.92 Å². The summed E-state index contributed by atoms with van der Waals surface area (Å²) < 4.78 is 5.12. The summed E-state index contributed by atoms with van der Waals surface area (Å²) >= 11 is 0. The van der Waals surface area contributed by atoms with Crippen LogP contribution >= 0.6 is 0 Å². The van der Waals surface area contributed by atoms with E-state index >= 15 is 0 Å². The molecule has 2 rings (SSSR count). The highest BCUT2D eigenvalue weighted by molar-refractivity contribution is 5.66. The van der Waals surface area contributed by atoms with Crippen molar-refractivity contribution in [2.75, 3.05) is 6.61 Å². The third kappa shape index (κ3) is 2.42. The predicted molar refractivity (Wildman–Crippen MR) is 65.3 cm³/mol. The molecule has 0 bridgehead atoms. The van der Waals surface area contributed by atoms with Crippen LogP contribution in [-0.2, 0) is 0 Å². The van der Waals surface area contributed by atoms with E-state index in [0.717, 1.165) is 5.56 Å². The molecule has 0 aliphatic carbocycles. The number of hydrogen-bond donors (Lipinski definition) is 0. The van der Waals surface area contributed by atoms with E-state index < -0.39 is 4.92 Å². The first kappa shape index (κ1) is 12.0. The van der Waals surface area contributed by atoms with Crippen molar-refractivity contribution >= 4 is 5.69 Å². The number of nitrogens with zero attached hydrogens (tertiary/aromatic N) is 3. The van der Waals surface area contributed by atoms with Gasteiger partial charge in [0.15, 0.2) is 0 Å². The van der Waals surface area contributed by atoms with Crippen LogP contribution in [0.25, 0.3) is 11.1 Å². The molecule has 6 heteroatoms. The topological polar surface area (TPSA) is 78.2 Å². The van der Waals surface area contributed by atoms with Crippen molar-refractivity contribution in [3.05, 3.63) is 46.9 Å².